The molecular weight excluding hydrogens is 650 g/mol. The van der Waals surface area contributed by atoms with Crippen LogP contribution < -0.4 is 0 Å². The quantitative estimate of drug-likeness (QED) is 0.0874. The first-order valence-corrected chi connectivity index (χ1v) is 19.3. The third-order valence-electron chi connectivity index (χ3n) is 9.52. The van der Waals surface area contributed by atoms with Gasteiger partial charge in [0, 0.05) is 12.5 Å². The SMILES string of the molecule is C=C(C)C.C=C(C)CN(C)C.CCCCCc1ccc(C2=CCc3ccc(C4CCC(CCCC(COC=O)COC=O)CC4)cc3C=C2)cc1F. The van der Waals surface area contributed by atoms with Crippen LogP contribution >= 0.6 is 0 Å². The van der Waals surface area contributed by atoms with Crippen molar-refractivity contribution in [3.05, 3.63) is 106 Å². The first-order valence-electron chi connectivity index (χ1n) is 19.3. The monoisotopic (exact) mass is 715 g/mol. The van der Waals surface area contributed by atoms with Gasteiger partial charge < -0.3 is 14.4 Å². The molecule has 5 nitrogen and oxygen atoms in total. The standard InChI is InChI=1S/C36H45FO4.C6H13N.C4H8/c1-2-3-4-8-32-17-20-35(22-36(32)37)31-14-13-30-15-18-33(21-34(30)19-16-31)29-11-9-27(10-12-29)6-5-7-28(23-40-25-38)24-41-26-39;1-6(2)5-7(3)4;1-4(2)3/h14-22,25-29H,2-13,23-24H2,1H3;1,5H2,2-4H3;1H2,2-3H3. The van der Waals surface area contributed by atoms with Crippen LogP contribution in [0.1, 0.15) is 126 Å². The smallest absolute Gasteiger partial charge is 0.293 e. The first kappa shape index (κ1) is 44.4. The second kappa shape index (κ2) is 25.2. The van der Waals surface area contributed by atoms with Crippen molar-refractivity contribution >= 4 is 24.6 Å². The molecule has 2 aromatic carbocycles. The number of likely N-dealkylation sites (N-methyl/N-ethyl adjacent to an activating group) is 1. The van der Waals surface area contributed by atoms with Crippen molar-refractivity contribution in [1.82, 2.24) is 4.90 Å². The summed E-state index contributed by atoms with van der Waals surface area (Å²) in [6, 6.07) is 12.7. The van der Waals surface area contributed by atoms with Crippen molar-refractivity contribution in [3.8, 4) is 0 Å². The van der Waals surface area contributed by atoms with Gasteiger partial charge in [-0.25, -0.2) is 4.39 Å². The molecule has 6 heteroatoms. The summed E-state index contributed by atoms with van der Waals surface area (Å²) < 4.78 is 24.6. The predicted octanol–water partition coefficient (Wildman–Crippen LogP) is 11.3. The fourth-order valence-electron chi connectivity index (χ4n) is 6.97. The van der Waals surface area contributed by atoms with Crippen LogP contribution in [0.4, 0.5) is 4.39 Å². The molecule has 0 N–H and O–H groups in total. The maximum atomic E-state index is 14.8. The second-order valence-corrected chi connectivity index (χ2v) is 15.2. The Hall–Kier alpha value is -3.77. The van der Waals surface area contributed by atoms with Gasteiger partial charge in [-0.1, -0.05) is 98.9 Å². The minimum absolute atomic E-state index is 0.0679. The van der Waals surface area contributed by atoms with Crippen LogP contribution in [0.3, 0.4) is 0 Å². The lowest BCUT2D eigenvalue weighted by Crippen LogP contribution is -2.17. The fourth-order valence-corrected chi connectivity index (χ4v) is 6.97. The van der Waals surface area contributed by atoms with E-state index in [0.717, 1.165) is 80.5 Å². The highest BCUT2D eigenvalue weighted by atomic mass is 19.1. The number of fused-ring (bicyclic) bond motifs is 1. The minimum atomic E-state index is -0.0915. The lowest BCUT2D eigenvalue weighted by Gasteiger charge is -2.29. The van der Waals surface area contributed by atoms with Gasteiger partial charge in [0.1, 0.15) is 5.82 Å². The molecule has 4 rings (SSSR count). The summed E-state index contributed by atoms with van der Waals surface area (Å²) >= 11 is 0. The Labute approximate surface area is 315 Å². The third-order valence-corrected chi connectivity index (χ3v) is 9.52. The third kappa shape index (κ3) is 17.6. The molecule has 1 fully saturated rings. The van der Waals surface area contributed by atoms with Crippen molar-refractivity contribution in [3.63, 3.8) is 0 Å². The molecule has 0 heterocycles. The van der Waals surface area contributed by atoms with Gasteiger partial charge in [-0.2, -0.15) is 0 Å². The van der Waals surface area contributed by atoms with Crippen molar-refractivity contribution in [2.75, 3.05) is 33.9 Å². The molecule has 0 aliphatic heterocycles. The number of ether oxygens (including phenoxy) is 2. The molecule has 0 saturated heterocycles. The molecular formula is C46H66FNO4. The molecule has 2 aliphatic carbocycles. The summed E-state index contributed by atoms with van der Waals surface area (Å²) in [5, 5.41) is 0. The highest BCUT2D eigenvalue weighted by molar-refractivity contribution is 5.81. The van der Waals surface area contributed by atoms with Gasteiger partial charge in [-0.15, -0.1) is 6.58 Å². The summed E-state index contributed by atoms with van der Waals surface area (Å²) in [7, 11) is 4.07. The van der Waals surface area contributed by atoms with Gasteiger partial charge in [-0.3, -0.25) is 9.59 Å². The Morgan fingerprint density at radius 3 is 2.15 bits per heavy atom. The summed E-state index contributed by atoms with van der Waals surface area (Å²) in [6.45, 7) is 18.0. The number of hydrogen-bond acceptors (Lipinski definition) is 5. The zero-order chi connectivity index (χ0) is 38.3. The Kier molecular flexibility index (Phi) is 21.6. The van der Waals surface area contributed by atoms with Crippen LogP contribution in [0.5, 0.6) is 0 Å². The van der Waals surface area contributed by atoms with Gasteiger partial charge in [-0.05, 0) is 138 Å². The van der Waals surface area contributed by atoms with Crippen molar-refractivity contribution in [2.24, 2.45) is 11.8 Å². The van der Waals surface area contributed by atoms with Crippen LogP contribution in [0.25, 0.3) is 11.6 Å². The van der Waals surface area contributed by atoms with Gasteiger partial charge >= 0.3 is 0 Å². The number of unbranched alkanes of at least 4 members (excludes halogenated alkanes) is 2. The Morgan fingerprint density at radius 2 is 1.60 bits per heavy atom. The van der Waals surface area contributed by atoms with E-state index in [-0.39, 0.29) is 11.7 Å². The van der Waals surface area contributed by atoms with E-state index in [0.29, 0.717) is 32.1 Å². The predicted molar refractivity (Wildman–Crippen MR) is 217 cm³/mol. The molecule has 0 bridgehead atoms. The minimum Gasteiger partial charge on any atom is -0.467 e. The van der Waals surface area contributed by atoms with Crippen LogP contribution in [0, 0.1) is 17.7 Å². The highest BCUT2D eigenvalue weighted by Crippen LogP contribution is 2.39. The van der Waals surface area contributed by atoms with E-state index in [1.54, 1.807) is 6.07 Å². The van der Waals surface area contributed by atoms with E-state index in [4.69, 9.17) is 9.47 Å². The van der Waals surface area contributed by atoms with Crippen molar-refractivity contribution in [2.45, 2.75) is 111 Å². The Morgan fingerprint density at radius 1 is 0.923 bits per heavy atom. The van der Waals surface area contributed by atoms with E-state index < -0.39 is 0 Å². The Balaban J connectivity index is 0.000000741. The van der Waals surface area contributed by atoms with Gasteiger partial charge in [0.25, 0.3) is 12.9 Å². The van der Waals surface area contributed by atoms with E-state index in [1.807, 2.05) is 40.9 Å². The first-order chi connectivity index (χ1) is 25.0. The summed E-state index contributed by atoms with van der Waals surface area (Å²) in [4.78, 5) is 23.2. The molecule has 2 aliphatic rings. The second-order valence-electron chi connectivity index (χ2n) is 15.2. The number of halogens is 1. The number of hydrogen-bond donors (Lipinski definition) is 0. The highest BCUT2D eigenvalue weighted by Gasteiger charge is 2.23. The number of allylic oxidation sites excluding steroid dienone is 4. The number of rotatable bonds is 18. The van der Waals surface area contributed by atoms with Gasteiger partial charge in [0.05, 0.1) is 13.2 Å². The molecule has 52 heavy (non-hydrogen) atoms. The summed E-state index contributed by atoms with van der Waals surface area (Å²) in [5.74, 6) is 1.28. The van der Waals surface area contributed by atoms with Crippen LogP contribution in [-0.4, -0.2) is 51.7 Å². The maximum absolute atomic E-state index is 14.8. The largest absolute Gasteiger partial charge is 0.467 e. The van der Waals surface area contributed by atoms with E-state index in [1.165, 1.54) is 53.5 Å². The van der Waals surface area contributed by atoms with Gasteiger partial charge in [0.15, 0.2) is 0 Å². The molecule has 0 amide bonds. The topological polar surface area (TPSA) is 55.8 Å². The number of nitrogens with zero attached hydrogens (tertiary/aromatic N) is 1. The normalized spacial score (nSPS) is 16.3. The van der Waals surface area contributed by atoms with Crippen molar-refractivity contribution < 1.29 is 23.5 Å². The zero-order valence-corrected chi connectivity index (χ0v) is 33.1. The van der Waals surface area contributed by atoms with E-state index in [2.05, 4.69) is 67.5 Å². The summed E-state index contributed by atoms with van der Waals surface area (Å²) in [6.07, 6.45) is 19.5. The van der Waals surface area contributed by atoms with Crippen LogP contribution in [-0.2, 0) is 31.9 Å². The lowest BCUT2D eigenvalue weighted by molar-refractivity contribution is -0.133. The van der Waals surface area contributed by atoms with Crippen LogP contribution in [0.2, 0.25) is 0 Å². The maximum Gasteiger partial charge on any atom is 0.293 e. The summed E-state index contributed by atoms with van der Waals surface area (Å²) in [5.41, 5.74) is 9.24. The van der Waals surface area contributed by atoms with Crippen molar-refractivity contribution in [1.29, 1.82) is 0 Å². The fraction of sp³-hybridized carbons (Fsp3) is 0.522. The van der Waals surface area contributed by atoms with E-state index >= 15 is 0 Å². The van der Waals surface area contributed by atoms with E-state index in [9.17, 15) is 14.0 Å². The molecule has 0 aromatic heterocycles. The molecule has 0 spiro atoms. The molecule has 0 atom stereocenters. The Bertz CT molecular complexity index is 1430. The number of carbonyl (C=O) groups is 2. The molecule has 0 unspecified atom stereocenters. The average Bonchev–Trinajstić information content (AvgIpc) is 3.32. The average molecular weight is 716 g/mol. The lowest BCUT2D eigenvalue weighted by atomic mass is 9.76. The molecule has 286 valence electrons. The number of aryl methyl sites for hydroxylation is 1. The molecule has 1 saturated carbocycles. The van der Waals surface area contributed by atoms with Crippen LogP contribution in [0.15, 0.2) is 72.9 Å². The molecule has 0 radical (unpaired) electrons. The number of carbonyl (C=O) groups excluding carboxylic acids is 2. The zero-order valence-electron chi connectivity index (χ0n) is 33.1. The number of benzene rings is 2. The molecule has 2 aromatic rings. The van der Waals surface area contributed by atoms with Gasteiger partial charge in [0.2, 0.25) is 0 Å².